The van der Waals surface area contributed by atoms with Gasteiger partial charge in [-0.15, -0.1) is 21.5 Å². The van der Waals surface area contributed by atoms with Gasteiger partial charge in [0.1, 0.15) is 22.2 Å². The van der Waals surface area contributed by atoms with Crippen molar-refractivity contribution in [3.05, 3.63) is 56.6 Å². The number of hydrogen-bond donors (Lipinski definition) is 1. The number of H-pyrrole nitrogens is 1. The van der Waals surface area contributed by atoms with E-state index in [0.29, 0.717) is 23.7 Å². The Labute approximate surface area is 175 Å². The van der Waals surface area contributed by atoms with Gasteiger partial charge in [-0.1, -0.05) is 11.8 Å². The molecule has 0 radical (unpaired) electrons. The third kappa shape index (κ3) is 3.42. The predicted molar refractivity (Wildman–Crippen MR) is 114 cm³/mol. The van der Waals surface area contributed by atoms with Gasteiger partial charge in [0.2, 0.25) is 0 Å². The first-order chi connectivity index (χ1) is 14.0. The summed E-state index contributed by atoms with van der Waals surface area (Å²) in [6.45, 7) is 6.63. The highest BCUT2D eigenvalue weighted by atomic mass is 32.2. The molecule has 1 fully saturated rings. The summed E-state index contributed by atoms with van der Waals surface area (Å²) in [5.41, 5.74) is 0.938. The summed E-state index contributed by atoms with van der Waals surface area (Å²) in [5.74, 6) is 3.03. The van der Waals surface area contributed by atoms with Crippen LogP contribution in [0.25, 0.3) is 10.2 Å². The van der Waals surface area contributed by atoms with Crippen LogP contribution in [0.15, 0.2) is 32.8 Å². The highest BCUT2D eigenvalue weighted by Crippen LogP contribution is 2.42. The van der Waals surface area contributed by atoms with E-state index in [9.17, 15) is 4.79 Å². The Bertz CT molecular complexity index is 1230. The largest absolute Gasteiger partial charge is 0.467 e. The van der Waals surface area contributed by atoms with E-state index in [4.69, 9.17) is 9.40 Å². The molecule has 0 saturated heterocycles. The number of aromatic amines is 1. The first-order valence-corrected chi connectivity index (χ1v) is 11.3. The van der Waals surface area contributed by atoms with E-state index in [-0.39, 0.29) is 10.8 Å². The summed E-state index contributed by atoms with van der Waals surface area (Å²) in [7, 11) is 0. The van der Waals surface area contributed by atoms with Crippen LogP contribution >= 0.6 is 23.1 Å². The van der Waals surface area contributed by atoms with Crippen LogP contribution in [0.1, 0.15) is 58.8 Å². The van der Waals surface area contributed by atoms with Gasteiger partial charge >= 0.3 is 0 Å². The molecule has 1 unspecified atom stereocenters. The van der Waals surface area contributed by atoms with Gasteiger partial charge in [0, 0.05) is 10.8 Å². The average Bonchev–Trinajstić information content (AvgIpc) is 3.12. The van der Waals surface area contributed by atoms with Crippen LogP contribution in [0.4, 0.5) is 0 Å². The second-order valence-electron chi connectivity index (χ2n) is 7.46. The monoisotopic (exact) mass is 427 g/mol. The van der Waals surface area contributed by atoms with Crippen molar-refractivity contribution in [2.75, 3.05) is 0 Å². The highest BCUT2D eigenvalue weighted by molar-refractivity contribution is 7.99. The third-order valence-electron chi connectivity index (χ3n) is 5.31. The zero-order valence-electron chi connectivity index (χ0n) is 16.4. The standard InChI is InChI=1S/C20H21N5O2S2/c1-10-11(2)28-19-15(10)18(26)21-16(22-19)12(3)29-20-24-23-17(13-6-7-13)25(20)9-14-5-4-8-27-14/h4-5,8,12-13H,6-7,9H2,1-3H3,(H,21,22,26). The molecule has 1 aliphatic carbocycles. The zero-order valence-corrected chi connectivity index (χ0v) is 18.1. The Morgan fingerprint density at radius 2 is 2.21 bits per heavy atom. The SMILES string of the molecule is Cc1sc2nc(C(C)Sc3nnc(C4CC4)n3Cc3ccco3)[nH]c(=O)c2c1C. The van der Waals surface area contributed by atoms with E-state index >= 15 is 0 Å². The number of thioether (sulfide) groups is 1. The van der Waals surface area contributed by atoms with E-state index < -0.39 is 0 Å². The zero-order chi connectivity index (χ0) is 20.1. The van der Waals surface area contributed by atoms with E-state index in [1.807, 2.05) is 32.9 Å². The maximum Gasteiger partial charge on any atom is 0.259 e. The summed E-state index contributed by atoms with van der Waals surface area (Å²) < 4.78 is 7.67. The number of fused-ring (bicyclic) bond motifs is 1. The maximum atomic E-state index is 12.6. The van der Waals surface area contributed by atoms with Crippen molar-refractivity contribution in [1.82, 2.24) is 24.7 Å². The van der Waals surface area contributed by atoms with Gasteiger partial charge in [0.25, 0.3) is 5.56 Å². The fourth-order valence-electron chi connectivity index (χ4n) is 3.42. The van der Waals surface area contributed by atoms with Crippen molar-refractivity contribution < 1.29 is 4.42 Å². The number of nitrogens with one attached hydrogen (secondary N) is 1. The lowest BCUT2D eigenvalue weighted by Crippen LogP contribution is -2.13. The second kappa shape index (κ2) is 7.14. The number of aryl methyl sites for hydroxylation is 2. The topological polar surface area (TPSA) is 89.6 Å². The molecular formula is C20H21N5O2S2. The summed E-state index contributed by atoms with van der Waals surface area (Å²) in [5, 5.41) is 10.3. The minimum atomic E-state index is -0.0741. The molecule has 4 aromatic heterocycles. The molecule has 0 aliphatic heterocycles. The lowest BCUT2D eigenvalue weighted by Gasteiger charge is -2.12. The fraction of sp³-hybridized carbons (Fsp3) is 0.400. The summed E-state index contributed by atoms with van der Waals surface area (Å²) in [6, 6.07) is 3.85. The molecule has 1 aliphatic rings. The molecule has 0 bridgehead atoms. The third-order valence-corrected chi connectivity index (χ3v) is 7.50. The molecule has 0 spiro atoms. The second-order valence-corrected chi connectivity index (χ2v) is 9.97. The summed E-state index contributed by atoms with van der Waals surface area (Å²) in [6.07, 6.45) is 3.99. The van der Waals surface area contributed by atoms with Crippen molar-refractivity contribution in [3.8, 4) is 0 Å². The smallest absolute Gasteiger partial charge is 0.259 e. The Morgan fingerprint density at radius 1 is 1.38 bits per heavy atom. The number of rotatable bonds is 6. The predicted octanol–water partition coefficient (Wildman–Crippen LogP) is 4.56. The van der Waals surface area contributed by atoms with Crippen LogP contribution < -0.4 is 5.56 Å². The van der Waals surface area contributed by atoms with Gasteiger partial charge in [-0.2, -0.15) is 0 Å². The van der Waals surface area contributed by atoms with E-state index in [1.54, 1.807) is 29.4 Å². The van der Waals surface area contributed by atoms with Gasteiger partial charge in [-0.3, -0.25) is 9.36 Å². The van der Waals surface area contributed by atoms with E-state index in [1.165, 1.54) is 0 Å². The van der Waals surface area contributed by atoms with Crippen molar-refractivity contribution in [2.24, 2.45) is 0 Å². The van der Waals surface area contributed by atoms with Crippen molar-refractivity contribution >= 4 is 33.3 Å². The lowest BCUT2D eigenvalue weighted by atomic mass is 10.2. The van der Waals surface area contributed by atoms with Gasteiger partial charge in [0.15, 0.2) is 5.16 Å². The van der Waals surface area contributed by atoms with Crippen LogP contribution in [0, 0.1) is 13.8 Å². The number of furan rings is 1. The minimum absolute atomic E-state index is 0.0681. The molecule has 1 N–H and O–H groups in total. The molecule has 0 aromatic carbocycles. The number of aromatic nitrogens is 5. The number of thiophene rings is 1. The molecule has 0 amide bonds. The fourth-order valence-corrected chi connectivity index (χ4v) is 5.37. The Kier molecular flexibility index (Phi) is 4.59. The molecule has 4 aromatic rings. The van der Waals surface area contributed by atoms with E-state index in [0.717, 1.165) is 44.9 Å². The van der Waals surface area contributed by atoms with Gasteiger partial charge in [0.05, 0.1) is 23.4 Å². The number of nitrogens with zero attached hydrogens (tertiary/aromatic N) is 4. The molecule has 4 heterocycles. The molecule has 9 heteroatoms. The Hall–Kier alpha value is -2.39. The van der Waals surface area contributed by atoms with Crippen molar-refractivity contribution in [1.29, 1.82) is 0 Å². The van der Waals surface area contributed by atoms with Gasteiger partial charge in [-0.25, -0.2) is 4.98 Å². The molecule has 1 saturated carbocycles. The summed E-state index contributed by atoms with van der Waals surface area (Å²) >= 11 is 3.13. The average molecular weight is 428 g/mol. The highest BCUT2D eigenvalue weighted by Gasteiger charge is 2.31. The molecule has 1 atom stereocenters. The molecule has 29 heavy (non-hydrogen) atoms. The molecule has 150 valence electrons. The normalized spacial score (nSPS) is 15.3. The van der Waals surface area contributed by atoms with Crippen LogP contribution in [0.5, 0.6) is 0 Å². The van der Waals surface area contributed by atoms with Crippen molar-refractivity contribution in [3.63, 3.8) is 0 Å². The maximum absolute atomic E-state index is 12.6. The quantitative estimate of drug-likeness (QED) is 0.454. The van der Waals surface area contributed by atoms with Gasteiger partial charge in [-0.05, 0) is 51.3 Å². The van der Waals surface area contributed by atoms with Crippen molar-refractivity contribution in [2.45, 2.75) is 56.5 Å². The minimum Gasteiger partial charge on any atom is -0.467 e. The Morgan fingerprint density at radius 3 is 2.93 bits per heavy atom. The lowest BCUT2D eigenvalue weighted by molar-refractivity contribution is 0.478. The first kappa shape index (κ1) is 18.6. The van der Waals surface area contributed by atoms with Crippen LogP contribution in [0.2, 0.25) is 0 Å². The van der Waals surface area contributed by atoms with E-state index in [2.05, 4.69) is 19.7 Å². The Balaban J connectivity index is 1.47. The summed E-state index contributed by atoms with van der Waals surface area (Å²) in [4.78, 5) is 22.3. The molecule has 5 rings (SSSR count). The van der Waals surface area contributed by atoms with Gasteiger partial charge < -0.3 is 9.40 Å². The van der Waals surface area contributed by atoms with Crippen LogP contribution in [0.3, 0.4) is 0 Å². The number of hydrogen-bond acceptors (Lipinski definition) is 7. The van der Waals surface area contributed by atoms with Crippen LogP contribution in [-0.4, -0.2) is 24.7 Å². The van der Waals surface area contributed by atoms with Crippen LogP contribution in [-0.2, 0) is 6.54 Å². The molecule has 7 nitrogen and oxygen atoms in total. The first-order valence-electron chi connectivity index (χ1n) is 9.63. The molecular weight excluding hydrogens is 406 g/mol.